The van der Waals surface area contributed by atoms with Crippen molar-refractivity contribution in [1.82, 2.24) is 34.5 Å². The number of hydrogen-bond donors (Lipinski definition) is 0. The van der Waals surface area contributed by atoms with Gasteiger partial charge >= 0.3 is 0 Å². The lowest BCUT2D eigenvalue weighted by atomic mass is 9.33. The standard InChI is InChI=1S/C116H118BN9/c1-109(2,3)79-46-53-94-88(66-79)89-67-80(110(4,5)6)47-54-95(89)124(94)87-50-52-93-99(70-87)126(97-56-49-82(112(10,11)12)69-91(97)108-122-105(73-41-33-27-34-42-73)119-106(123-108)74-43-35-28-36-44-74)101-63-78(77-59-85(115(19,20)21)65-86(60-77)116(22,23)24)62-100-102(101)117(93)92-51-45-75(76-57-83(113(13,14)15)64-84(58-76)114(16,17)18)61-98(92)125(100)96-55-48-81(111(7,8)9)68-90(96)107-120-103(71-37-29-25-30-38-71)118-104(121-107)72-39-31-26-32-40-72/h25-70H,1-24H3/i25D,26D,29D,30D,31D,32D,37D,38D,39D,40D. The average Bonchev–Trinajstić information content (AvgIpc) is 0.714. The van der Waals surface area contributed by atoms with Gasteiger partial charge in [-0.15, -0.1) is 0 Å². The van der Waals surface area contributed by atoms with Gasteiger partial charge in [-0.3, -0.25) is 0 Å². The zero-order valence-electron chi connectivity index (χ0n) is 87.4. The minimum Gasteiger partial charge on any atom is -0.311 e. The summed E-state index contributed by atoms with van der Waals surface area (Å²) in [5.41, 5.74) is 22.7. The van der Waals surface area contributed by atoms with Gasteiger partial charge in [0.2, 0.25) is 0 Å². The van der Waals surface area contributed by atoms with E-state index in [1.807, 2.05) is 66.7 Å². The van der Waals surface area contributed by atoms with Gasteiger partial charge in [0.15, 0.2) is 34.9 Å². The van der Waals surface area contributed by atoms with E-state index >= 15 is 0 Å². The molecule has 0 saturated heterocycles. The highest BCUT2D eigenvalue weighted by molar-refractivity contribution is 7.00. The quantitative estimate of drug-likeness (QED) is 0.118. The summed E-state index contributed by atoms with van der Waals surface area (Å²) in [5.74, 6) is 0.612. The maximum Gasteiger partial charge on any atom is 0.252 e. The summed E-state index contributed by atoms with van der Waals surface area (Å²) in [4.78, 5) is 37.2. The first kappa shape index (κ1) is 72.6. The molecular weight excluding hydrogens is 1530 g/mol. The molecule has 0 spiro atoms. The molecule has 0 amide bonds. The normalized spacial score (nSPS) is 14.5. The fourth-order valence-electron chi connectivity index (χ4n) is 17.7. The number of benzene rings is 13. The van der Waals surface area contributed by atoms with Gasteiger partial charge in [-0.05, 0) is 205 Å². The highest BCUT2D eigenvalue weighted by atomic mass is 15.2. The van der Waals surface area contributed by atoms with Gasteiger partial charge in [0.25, 0.3) is 6.71 Å². The minimum absolute atomic E-state index is 0.0792. The monoisotopic (exact) mass is 1660 g/mol. The fourth-order valence-corrected chi connectivity index (χ4v) is 17.7. The summed E-state index contributed by atoms with van der Waals surface area (Å²) in [6, 6.07) is 73.8. The highest BCUT2D eigenvalue weighted by Crippen LogP contribution is 2.53. The van der Waals surface area contributed by atoms with E-state index in [1.165, 1.54) is 22.3 Å². The largest absolute Gasteiger partial charge is 0.311 e. The van der Waals surface area contributed by atoms with Gasteiger partial charge in [-0.25, -0.2) is 29.9 Å². The van der Waals surface area contributed by atoms with Crippen molar-refractivity contribution in [2.75, 3.05) is 9.80 Å². The van der Waals surface area contributed by atoms with Crippen molar-refractivity contribution in [2.45, 2.75) is 209 Å². The number of nitrogens with zero attached hydrogens (tertiary/aromatic N) is 9. The average molecular weight is 1660 g/mol. The van der Waals surface area contributed by atoms with Crippen LogP contribution in [0.4, 0.5) is 34.1 Å². The van der Waals surface area contributed by atoms with Crippen LogP contribution >= 0.6 is 0 Å². The van der Waals surface area contributed by atoms with Crippen LogP contribution < -0.4 is 26.2 Å². The van der Waals surface area contributed by atoms with Gasteiger partial charge in [0, 0.05) is 72.6 Å². The molecule has 630 valence electrons. The molecule has 0 atom stereocenters. The Hall–Kier alpha value is -12.7. The fraction of sp³-hybridized carbons (Fsp3) is 0.276. The molecule has 0 N–H and O–H groups in total. The third-order valence-electron chi connectivity index (χ3n) is 25.3. The van der Waals surface area contributed by atoms with Gasteiger partial charge in [-0.2, -0.15) is 0 Å². The van der Waals surface area contributed by atoms with Crippen molar-refractivity contribution >= 4 is 79.0 Å². The lowest BCUT2D eigenvalue weighted by Gasteiger charge is -2.45. The van der Waals surface area contributed by atoms with Crippen LogP contribution in [0.1, 0.15) is 224 Å². The Kier molecular flexibility index (Phi) is 17.6. The smallest absolute Gasteiger partial charge is 0.252 e. The lowest BCUT2D eigenvalue weighted by molar-refractivity contribution is 0.568. The maximum absolute atomic E-state index is 9.65. The van der Waals surface area contributed by atoms with Gasteiger partial charge < -0.3 is 14.4 Å². The summed E-state index contributed by atoms with van der Waals surface area (Å²) in [5, 5.41) is 2.30. The molecule has 3 aromatic heterocycles. The molecule has 0 radical (unpaired) electrons. The predicted octanol–water partition coefficient (Wildman–Crippen LogP) is 29.0. The summed E-state index contributed by atoms with van der Waals surface area (Å²) in [6.07, 6.45) is 0. The zero-order chi connectivity index (χ0) is 97.7. The Morgan fingerprint density at radius 1 is 0.238 bits per heavy atom. The van der Waals surface area contributed by atoms with E-state index in [0.29, 0.717) is 28.7 Å². The second-order valence-electron chi connectivity index (χ2n) is 42.8. The second kappa shape index (κ2) is 30.6. The van der Waals surface area contributed by atoms with E-state index in [2.05, 4.69) is 332 Å². The molecule has 0 fully saturated rings. The van der Waals surface area contributed by atoms with Crippen LogP contribution in [0.15, 0.2) is 279 Å². The van der Waals surface area contributed by atoms with E-state index in [1.54, 1.807) is 0 Å². The molecular formula is C116H118BN9. The second-order valence-corrected chi connectivity index (χ2v) is 42.8. The number of anilines is 6. The van der Waals surface area contributed by atoms with Gasteiger partial charge in [0.1, 0.15) is 0 Å². The van der Waals surface area contributed by atoms with E-state index in [0.717, 1.165) is 134 Å². The van der Waals surface area contributed by atoms with Crippen molar-refractivity contribution in [1.29, 1.82) is 0 Å². The summed E-state index contributed by atoms with van der Waals surface area (Å²) in [7, 11) is 0. The first-order chi connectivity index (χ1) is 63.6. The molecule has 10 heteroatoms. The topological polar surface area (TPSA) is 88.8 Å². The van der Waals surface area contributed by atoms with Crippen molar-refractivity contribution < 1.29 is 13.7 Å². The third kappa shape index (κ3) is 15.8. The SMILES string of the molecule is [2H]c1c([2H])c([2H])c(-c2nc(-c3cc(C(C)(C)C)ccc3N3c4cc(-c5cc(C(C)(C)C)cc(C(C)(C)C)c5)ccc4B4c5ccc(-n6c7ccc(C(C)(C)C)cc7c7cc(C(C)(C)C)ccc76)cc5N(c5ccc(C(C)(C)C)cc5-c5nc(-c6ccccc6)nc(-c6ccccc6)n5)c5cc(-c6cc(C(C)(C)C)cc(C(C)(C)C)c6)cc3c54)nc(-c3c([2H])c([2H])c([2H])c([2H])c3[2H])n2)c([2H])c1[2H]. The Balaban J connectivity index is 1.05. The number of fused-ring (bicyclic) bond motifs is 7. The van der Waals surface area contributed by atoms with Crippen molar-refractivity contribution in [3.8, 4) is 96.3 Å². The Morgan fingerprint density at radius 2 is 0.556 bits per heavy atom. The van der Waals surface area contributed by atoms with Crippen LogP contribution in [0, 0.1) is 0 Å². The number of aromatic nitrogens is 7. The molecule has 126 heavy (non-hydrogen) atoms. The minimum atomic E-state index is -0.648. The van der Waals surface area contributed by atoms with Crippen LogP contribution in [0.2, 0.25) is 0 Å². The molecule has 0 unspecified atom stereocenters. The van der Waals surface area contributed by atoms with Crippen molar-refractivity contribution in [3.63, 3.8) is 0 Å². The van der Waals surface area contributed by atoms with Crippen molar-refractivity contribution in [3.05, 3.63) is 323 Å². The number of rotatable bonds is 11. The molecule has 0 aliphatic carbocycles. The Morgan fingerprint density at radius 3 is 0.937 bits per heavy atom. The summed E-state index contributed by atoms with van der Waals surface area (Å²) in [6.45, 7) is 53.3. The van der Waals surface area contributed by atoms with Crippen LogP contribution in [-0.2, 0) is 43.3 Å². The Bertz CT molecular complexity index is 7300. The van der Waals surface area contributed by atoms with Crippen LogP contribution in [0.3, 0.4) is 0 Å². The first-order valence-electron chi connectivity index (χ1n) is 49.2. The summed E-state index contributed by atoms with van der Waals surface area (Å²) < 4.78 is 95.4. The van der Waals surface area contributed by atoms with E-state index < -0.39 is 78.0 Å². The summed E-state index contributed by atoms with van der Waals surface area (Å²) >= 11 is 0. The first-order valence-corrected chi connectivity index (χ1v) is 44.2. The predicted molar refractivity (Wildman–Crippen MR) is 535 cm³/mol. The van der Waals surface area contributed by atoms with E-state index in [9.17, 15) is 11.0 Å². The third-order valence-corrected chi connectivity index (χ3v) is 25.3. The molecule has 9 nitrogen and oxygen atoms in total. The zero-order valence-corrected chi connectivity index (χ0v) is 77.4. The van der Waals surface area contributed by atoms with Crippen molar-refractivity contribution in [2.24, 2.45) is 0 Å². The van der Waals surface area contributed by atoms with E-state index in [4.69, 9.17) is 32.6 Å². The molecule has 2 aliphatic rings. The Labute approximate surface area is 761 Å². The molecule has 18 rings (SSSR count). The van der Waals surface area contributed by atoms with Gasteiger partial charge in [-0.1, -0.05) is 366 Å². The van der Waals surface area contributed by atoms with E-state index in [-0.39, 0.29) is 61.1 Å². The van der Waals surface area contributed by atoms with Gasteiger partial charge in [0.05, 0.1) is 36.1 Å². The van der Waals surface area contributed by atoms with Crippen LogP contribution in [0.25, 0.3) is 118 Å². The highest BCUT2D eigenvalue weighted by Gasteiger charge is 2.46. The molecule has 16 aromatic rings. The van der Waals surface area contributed by atoms with Crippen LogP contribution in [0.5, 0.6) is 0 Å². The lowest BCUT2D eigenvalue weighted by Crippen LogP contribution is -2.61. The van der Waals surface area contributed by atoms with Crippen LogP contribution in [-0.4, -0.2) is 41.2 Å². The maximum atomic E-state index is 9.65. The molecule has 5 heterocycles. The molecule has 0 bridgehead atoms. The molecule has 0 saturated carbocycles. The molecule has 13 aromatic carbocycles. The number of hydrogen-bond acceptors (Lipinski definition) is 8. The molecule has 2 aliphatic heterocycles.